The number of carbonyl (C=O) groups is 1. The molecule has 0 radical (unpaired) electrons. The third-order valence-corrected chi connectivity index (χ3v) is 6.69. The molecule has 30 heavy (non-hydrogen) atoms. The second-order valence-corrected chi connectivity index (χ2v) is 8.60. The predicted molar refractivity (Wildman–Crippen MR) is 118 cm³/mol. The van der Waals surface area contributed by atoms with Crippen LogP contribution in [0.5, 0.6) is 0 Å². The molecular formula is C22H23N5O2S. The van der Waals surface area contributed by atoms with Gasteiger partial charge in [0.1, 0.15) is 6.26 Å². The number of amides is 1. The first-order chi connectivity index (χ1) is 14.6. The van der Waals surface area contributed by atoms with Gasteiger partial charge in [0, 0.05) is 26.2 Å². The van der Waals surface area contributed by atoms with E-state index in [1.165, 1.54) is 18.1 Å². The van der Waals surface area contributed by atoms with Crippen LogP contribution in [0.4, 0.5) is 5.13 Å². The van der Waals surface area contributed by atoms with Crippen LogP contribution in [-0.4, -0.2) is 51.8 Å². The fourth-order valence-electron chi connectivity index (χ4n) is 3.80. The number of furan rings is 1. The Morgan fingerprint density at radius 1 is 1.07 bits per heavy atom. The number of aryl methyl sites for hydroxylation is 2. The fourth-order valence-corrected chi connectivity index (χ4v) is 4.84. The van der Waals surface area contributed by atoms with Crippen LogP contribution in [0.25, 0.3) is 16.0 Å². The quantitative estimate of drug-likeness (QED) is 0.499. The van der Waals surface area contributed by atoms with E-state index in [4.69, 9.17) is 14.5 Å². The van der Waals surface area contributed by atoms with Crippen LogP contribution in [0.1, 0.15) is 28.0 Å². The lowest BCUT2D eigenvalue weighted by Gasteiger charge is -2.21. The molecule has 3 aromatic heterocycles. The number of hydrogen-bond donors (Lipinski definition) is 0. The van der Waals surface area contributed by atoms with Gasteiger partial charge in [-0.15, -0.1) is 0 Å². The molecule has 5 rings (SSSR count). The topological polar surface area (TPSA) is 67.4 Å². The summed E-state index contributed by atoms with van der Waals surface area (Å²) in [5.74, 6) is 0.0285. The highest BCUT2D eigenvalue weighted by Gasteiger charge is 2.24. The Balaban J connectivity index is 1.39. The normalized spacial score (nSPS) is 15.0. The molecule has 1 fully saturated rings. The van der Waals surface area contributed by atoms with Crippen LogP contribution in [0.2, 0.25) is 0 Å². The van der Waals surface area contributed by atoms with Gasteiger partial charge in [-0.1, -0.05) is 29.0 Å². The molecule has 0 unspecified atom stereocenters. The predicted octanol–water partition coefficient (Wildman–Crippen LogP) is 4.04. The van der Waals surface area contributed by atoms with Crippen molar-refractivity contribution in [2.24, 2.45) is 0 Å². The maximum Gasteiger partial charge on any atom is 0.257 e. The first-order valence-electron chi connectivity index (χ1n) is 10.1. The summed E-state index contributed by atoms with van der Waals surface area (Å²) >= 11 is 1.68. The zero-order valence-corrected chi connectivity index (χ0v) is 17.9. The van der Waals surface area contributed by atoms with Gasteiger partial charge in [0.05, 0.1) is 27.9 Å². The molecule has 4 heterocycles. The summed E-state index contributed by atoms with van der Waals surface area (Å²) in [5.41, 5.74) is 4.73. The van der Waals surface area contributed by atoms with Crippen molar-refractivity contribution in [2.75, 3.05) is 31.1 Å². The van der Waals surface area contributed by atoms with E-state index in [9.17, 15) is 4.79 Å². The number of thiazole rings is 1. The van der Waals surface area contributed by atoms with Crippen molar-refractivity contribution in [3.05, 3.63) is 59.7 Å². The molecule has 1 saturated heterocycles. The molecule has 1 aromatic carbocycles. The van der Waals surface area contributed by atoms with Crippen molar-refractivity contribution in [3.8, 4) is 5.69 Å². The Labute approximate surface area is 178 Å². The van der Waals surface area contributed by atoms with E-state index in [2.05, 4.69) is 36.1 Å². The lowest BCUT2D eigenvalue weighted by Crippen LogP contribution is -2.35. The Kier molecular flexibility index (Phi) is 4.78. The molecule has 4 aromatic rings. The second-order valence-electron chi connectivity index (χ2n) is 7.63. The molecule has 7 nitrogen and oxygen atoms in total. The number of rotatable bonds is 3. The number of carbonyl (C=O) groups excluding carboxylic acids is 1. The van der Waals surface area contributed by atoms with Gasteiger partial charge < -0.3 is 14.2 Å². The minimum absolute atomic E-state index is 0.0285. The van der Waals surface area contributed by atoms with E-state index >= 15 is 0 Å². The molecule has 1 aliphatic rings. The second kappa shape index (κ2) is 7.60. The molecule has 1 amide bonds. The monoisotopic (exact) mass is 421 g/mol. The maximum atomic E-state index is 12.6. The van der Waals surface area contributed by atoms with Crippen molar-refractivity contribution >= 4 is 32.7 Å². The minimum atomic E-state index is 0.0285. The zero-order chi connectivity index (χ0) is 20.7. The molecule has 0 aliphatic carbocycles. The van der Waals surface area contributed by atoms with Crippen molar-refractivity contribution in [1.29, 1.82) is 0 Å². The number of benzene rings is 1. The van der Waals surface area contributed by atoms with Crippen LogP contribution >= 0.6 is 11.3 Å². The summed E-state index contributed by atoms with van der Waals surface area (Å²) in [6, 6.07) is 10.0. The van der Waals surface area contributed by atoms with E-state index < -0.39 is 0 Å². The number of anilines is 1. The van der Waals surface area contributed by atoms with Gasteiger partial charge >= 0.3 is 0 Å². The Morgan fingerprint density at radius 2 is 1.90 bits per heavy atom. The van der Waals surface area contributed by atoms with Crippen molar-refractivity contribution < 1.29 is 9.21 Å². The SMILES string of the molecule is Cc1ccc(-n2nc(C)c3sc(N4CCCN(C(=O)c5ccoc5)CC4)nc32)cc1. The van der Waals surface area contributed by atoms with E-state index in [1.54, 1.807) is 17.4 Å². The lowest BCUT2D eigenvalue weighted by atomic mass is 10.2. The highest BCUT2D eigenvalue weighted by Crippen LogP contribution is 2.33. The molecule has 8 heteroatoms. The number of aromatic nitrogens is 3. The molecule has 0 N–H and O–H groups in total. The Bertz CT molecular complexity index is 1180. The molecule has 1 aliphatic heterocycles. The number of nitrogens with zero attached hydrogens (tertiary/aromatic N) is 5. The summed E-state index contributed by atoms with van der Waals surface area (Å²) < 4.78 is 8.10. The van der Waals surface area contributed by atoms with Gasteiger partial charge in [-0.2, -0.15) is 10.1 Å². The molecule has 0 spiro atoms. The Hall–Kier alpha value is -3.13. The summed E-state index contributed by atoms with van der Waals surface area (Å²) in [6.07, 6.45) is 3.96. The smallest absolute Gasteiger partial charge is 0.257 e. The molecule has 0 saturated carbocycles. The lowest BCUT2D eigenvalue weighted by molar-refractivity contribution is 0.0766. The van der Waals surface area contributed by atoms with E-state index in [1.807, 2.05) is 16.5 Å². The van der Waals surface area contributed by atoms with E-state index in [0.29, 0.717) is 12.1 Å². The first-order valence-corrected chi connectivity index (χ1v) is 10.9. The van der Waals surface area contributed by atoms with E-state index in [-0.39, 0.29) is 5.91 Å². The number of fused-ring (bicyclic) bond motifs is 1. The number of hydrogen-bond acceptors (Lipinski definition) is 6. The van der Waals surface area contributed by atoms with Gasteiger partial charge in [0.25, 0.3) is 5.91 Å². The van der Waals surface area contributed by atoms with Gasteiger partial charge in [-0.25, -0.2) is 4.68 Å². The summed E-state index contributed by atoms with van der Waals surface area (Å²) in [6.45, 7) is 7.15. The Morgan fingerprint density at radius 3 is 2.67 bits per heavy atom. The van der Waals surface area contributed by atoms with Gasteiger partial charge in [0.15, 0.2) is 10.8 Å². The van der Waals surface area contributed by atoms with Gasteiger partial charge in [-0.05, 0) is 38.5 Å². The highest BCUT2D eigenvalue weighted by molar-refractivity contribution is 7.22. The molecule has 154 valence electrons. The minimum Gasteiger partial charge on any atom is -0.472 e. The maximum absolute atomic E-state index is 12.6. The molecule has 0 bridgehead atoms. The van der Waals surface area contributed by atoms with Crippen molar-refractivity contribution in [3.63, 3.8) is 0 Å². The summed E-state index contributed by atoms with van der Waals surface area (Å²) in [4.78, 5) is 21.8. The largest absolute Gasteiger partial charge is 0.472 e. The average molecular weight is 422 g/mol. The van der Waals surface area contributed by atoms with Gasteiger partial charge in [-0.3, -0.25) is 4.79 Å². The van der Waals surface area contributed by atoms with Crippen molar-refractivity contribution in [1.82, 2.24) is 19.7 Å². The third kappa shape index (κ3) is 3.37. The third-order valence-electron chi connectivity index (χ3n) is 5.48. The first kappa shape index (κ1) is 18.9. The summed E-state index contributed by atoms with van der Waals surface area (Å²) in [7, 11) is 0. The van der Waals surface area contributed by atoms with Crippen LogP contribution < -0.4 is 4.90 Å². The molecular weight excluding hydrogens is 398 g/mol. The van der Waals surface area contributed by atoms with Crippen LogP contribution in [-0.2, 0) is 0 Å². The standard InChI is InChI=1S/C22H23N5O2S/c1-15-4-6-18(7-5-15)27-20-19(16(2)24-27)30-22(23-20)26-10-3-9-25(11-12-26)21(28)17-8-13-29-14-17/h4-8,13-14H,3,9-12H2,1-2H3. The van der Waals surface area contributed by atoms with E-state index in [0.717, 1.165) is 52.9 Å². The summed E-state index contributed by atoms with van der Waals surface area (Å²) in [5, 5.41) is 5.69. The van der Waals surface area contributed by atoms with Crippen LogP contribution in [0.3, 0.4) is 0 Å². The van der Waals surface area contributed by atoms with Crippen molar-refractivity contribution in [2.45, 2.75) is 20.3 Å². The fraction of sp³-hybridized carbons (Fsp3) is 0.318. The van der Waals surface area contributed by atoms with Crippen LogP contribution in [0.15, 0.2) is 47.3 Å². The highest BCUT2D eigenvalue weighted by atomic mass is 32.1. The molecule has 0 atom stereocenters. The van der Waals surface area contributed by atoms with Gasteiger partial charge in [0.2, 0.25) is 0 Å². The zero-order valence-electron chi connectivity index (χ0n) is 17.0. The average Bonchev–Trinajstić information content (AvgIpc) is 3.44. The van der Waals surface area contributed by atoms with Crippen LogP contribution in [0, 0.1) is 13.8 Å².